The molecule has 0 aromatic heterocycles. The summed E-state index contributed by atoms with van der Waals surface area (Å²) in [5, 5.41) is 11.2. The van der Waals surface area contributed by atoms with Gasteiger partial charge in [0.1, 0.15) is 5.82 Å². The van der Waals surface area contributed by atoms with Crippen LogP contribution >= 0.6 is 0 Å². The van der Waals surface area contributed by atoms with Gasteiger partial charge < -0.3 is 16.2 Å². The fraction of sp³-hybridized carbons (Fsp3) is 0.364. The topological polar surface area (TPSA) is 75.4 Å². The van der Waals surface area contributed by atoms with Gasteiger partial charge in [-0.05, 0) is 31.5 Å². The predicted octanol–water partition coefficient (Wildman–Crippen LogP) is 0.827. The summed E-state index contributed by atoms with van der Waals surface area (Å²) >= 11 is 0. The molecule has 0 fully saturated rings. The molecule has 0 unspecified atom stereocenters. The normalized spacial score (nSPS) is 12.2. The molecule has 0 saturated carbocycles. The number of halogens is 1. The molecule has 4 N–H and O–H groups in total. The zero-order valence-electron chi connectivity index (χ0n) is 9.25. The van der Waals surface area contributed by atoms with Gasteiger partial charge in [0.15, 0.2) is 0 Å². The molecule has 16 heavy (non-hydrogen) atoms. The van der Waals surface area contributed by atoms with Crippen LogP contribution in [-0.4, -0.2) is 23.7 Å². The molecule has 0 aliphatic rings. The molecule has 0 aliphatic heterocycles. The molecule has 1 aromatic carbocycles. The summed E-state index contributed by atoms with van der Waals surface area (Å²) in [5.74, 6) is -1.16. The fourth-order valence-electron chi connectivity index (χ4n) is 1.31. The highest BCUT2D eigenvalue weighted by atomic mass is 19.1. The number of rotatable bonds is 3. The Balaban J connectivity index is 2.99. The van der Waals surface area contributed by atoms with Crippen LogP contribution in [0.5, 0.6) is 0 Å². The smallest absolute Gasteiger partial charge is 0.254 e. The molecule has 0 heterocycles. The molecule has 0 aliphatic carbocycles. The summed E-state index contributed by atoms with van der Waals surface area (Å²) in [6, 6.07) is 2.32. The van der Waals surface area contributed by atoms with E-state index in [1.807, 2.05) is 0 Å². The van der Waals surface area contributed by atoms with Gasteiger partial charge >= 0.3 is 0 Å². The lowest BCUT2D eigenvalue weighted by Crippen LogP contribution is -2.35. The highest BCUT2D eigenvalue weighted by Gasteiger charge is 2.16. The number of hydrogen-bond acceptors (Lipinski definition) is 3. The van der Waals surface area contributed by atoms with Crippen molar-refractivity contribution in [3.63, 3.8) is 0 Å². The van der Waals surface area contributed by atoms with Gasteiger partial charge in [-0.2, -0.15) is 0 Å². The number of nitrogen functional groups attached to an aromatic ring is 1. The van der Waals surface area contributed by atoms with E-state index in [1.165, 1.54) is 19.1 Å². The number of carbonyl (C=O) groups is 1. The summed E-state index contributed by atoms with van der Waals surface area (Å²) in [7, 11) is 0. The lowest BCUT2D eigenvalue weighted by Gasteiger charge is -2.12. The maximum absolute atomic E-state index is 13.6. The Bertz CT molecular complexity index is 407. The number of benzene rings is 1. The quantitative estimate of drug-likeness (QED) is 0.668. The van der Waals surface area contributed by atoms with Crippen molar-refractivity contribution in [2.45, 2.75) is 19.9 Å². The molecule has 0 spiro atoms. The summed E-state index contributed by atoms with van der Waals surface area (Å²) in [6.45, 7) is 2.96. The average Bonchev–Trinajstić information content (AvgIpc) is 2.22. The van der Waals surface area contributed by atoms with Crippen molar-refractivity contribution >= 4 is 11.6 Å². The standard InChI is InChI=1S/C11H15FN2O2/c1-6-3-8(13)4-9(10(6)12)11(16)14-7(2)5-15/h3-4,7,15H,5,13H2,1-2H3,(H,14,16)/t7-/m1/s1. The summed E-state index contributed by atoms with van der Waals surface area (Å²) < 4.78 is 13.6. The number of nitrogens with one attached hydrogen (secondary N) is 1. The molecule has 5 heteroatoms. The van der Waals surface area contributed by atoms with E-state index in [0.29, 0.717) is 11.3 Å². The van der Waals surface area contributed by atoms with Crippen LogP contribution in [0.25, 0.3) is 0 Å². The van der Waals surface area contributed by atoms with Gasteiger partial charge in [-0.1, -0.05) is 0 Å². The van der Waals surface area contributed by atoms with Gasteiger partial charge in [0.2, 0.25) is 0 Å². The van der Waals surface area contributed by atoms with Crippen molar-refractivity contribution in [3.05, 3.63) is 29.1 Å². The number of aryl methyl sites for hydroxylation is 1. The number of aliphatic hydroxyl groups is 1. The summed E-state index contributed by atoms with van der Waals surface area (Å²) in [6.07, 6.45) is 0. The van der Waals surface area contributed by atoms with Crippen LogP contribution in [-0.2, 0) is 0 Å². The van der Waals surface area contributed by atoms with Crippen molar-refractivity contribution in [1.82, 2.24) is 5.32 Å². The van der Waals surface area contributed by atoms with E-state index < -0.39 is 17.8 Å². The summed E-state index contributed by atoms with van der Waals surface area (Å²) in [5.41, 5.74) is 6.09. The number of hydrogen-bond donors (Lipinski definition) is 3. The molecule has 0 saturated heterocycles. The zero-order valence-corrected chi connectivity index (χ0v) is 9.25. The van der Waals surface area contributed by atoms with Gasteiger partial charge in [-0.25, -0.2) is 4.39 Å². The first-order chi connectivity index (χ1) is 7.45. The Morgan fingerprint density at radius 2 is 2.25 bits per heavy atom. The first kappa shape index (κ1) is 12.4. The van der Waals surface area contributed by atoms with Crippen molar-refractivity contribution in [2.75, 3.05) is 12.3 Å². The average molecular weight is 226 g/mol. The van der Waals surface area contributed by atoms with Crippen LogP contribution < -0.4 is 11.1 Å². The van der Waals surface area contributed by atoms with Crippen molar-refractivity contribution in [1.29, 1.82) is 0 Å². The third kappa shape index (κ3) is 2.70. The maximum atomic E-state index is 13.6. The minimum absolute atomic E-state index is 0.0993. The minimum Gasteiger partial charge on any atom is -0.399 e. The number of nitrogens with two attached hydrogens (primary N) is 1. The summed E-state index contributed by atoms with van der Waals surface area (Å²) in [4.78, 5) is 11.6. The molecule has 0 radical (unpaired) electrons. The zero-order chi connectivity index (χ0) is 12.3. The molecule has 1 atom stereocenters. The van der Waals surface area contributed by atoms with E-state index in [4.69, 9.17) is 10.8 Å². The predicted molar refractivity (Wildman–Crippen MR) is 59.6 cm³/mol. The lowest BCUT2D eigenvalue weighted by atomic mass is 10.1. The molecule has 4 nitrogen and oxygen atoms in total. The largest absolute Gasteiger partial charge is 0.399 e. The SMILES string of the molecule is Cc1cc(N)cc(C(=O)N[C@H](C)CO)c1F. The van der Waals surface area contributed by atoms with E-state index in [0.717, 1.165) is 0 Å². The highest BCUT2D eigenvalue weighted by Crippen LogP contribution is 2.17. The van der Waals surface area contributed by atoms with Gasteiger partial charge in [0, 0.05) is 11.7 Å². The number of aliphatic hydroxyl groups excluding tert-OH is 1. The van der Waals surface area contributed by atoms with Crippen LogP contribution in [0, 0.1) is 12.7 Å². The molecular formula is C11H15FN2O2. The van der Waals surface area contributed by atoms with E-state index in [-0.39, 0.29) is 12.2 Å². The third-order valence-electron chi connectivity index (χ3n) is 2.17. The van der Waals surface area contributed by atoms with Gasteiger partial charge in [-0.3, -0.25) is 4.79 Å². The van der Waals surface area contributed by atoms with Crippen molar-refractivity contribution in [2.24, 2.45) is 0 Å². The second-order valence-corrected chi connectivity index (χ2v) is 3.76. The number of carbonyl (C=O) groups excluding carboxylic acids is 1. The Labute approximate surface area is 93.3 Å². The molecule has 1 aromatic rings. The van der Waals surface area contributed by atoms with Crippen LogP contribution in [0.3, 0.4) is 0 Å². The second kappa shape index (κ2) is 4.94. The monoisotopic (exact) mass is 226 g/mol. The third-order valence-corrected chi connectivity index (χ3v) is 2.17. The molecule has 1 rings (SSSR count). The van der Waals surface area contributed by atoms with Crippen LogP contribution in [0.4, 0.5) is 10.1 Å². The van der Waals surface area contributed by atoms with Crippen LogP contribution in [0.2, 0.25) is 0 Å². The molecular weight excluding hydrogens is 211 g/mol. The first-order valence-corrected chi connectivity index (χ1v) is 4.93. The Morgan fingerprint density at radius 1 is 1.62 bits per heavy atom. The molecule has 1 amide bonds. The van der Waals surface area contributed by atoms with E-state index in [2.05, 4.69) is 5.32 Å². The van der Waals surface area contributed by atoms with Gasteiger partial charge in [-0.15, -0.1) is 0 Å². The van der Waals surface area contributed by atoms with Crippen LogP contribution in [0.15, 0.2) is 12.1 Å². The molecule has 88 valence electrons. The molecule has 0 bridgehead atoms. The van der Waals surface area contributed by atoms with E-state index >= 15 is 0 Å². The number of amides is 1. The number of anilines is 1. The minimum atomic E-state index is -0.586. The van der Waals surface area contributed by atoms with Gasteiger partial charge in [0.25, 0.3) is 5.91 Å². The fourth-order valence-corrected chi connectivity index (χ4v) is 1.31. The van der Waals surface area contributed by atoms with E-state index in [9.17, 15) is 9.18 Å². The second-order valence-electron chi connectivity index (χ2n) is 3.76. The Kier molecular flexibility index (Phi) is 3.84. The Hall–Kier alpha value is -1.62. The van der Waals surface area contributed by atoms with Crippen molar-refractivity contribution < 1.29 is 14.3 Å². The van der Waals surface area contributed by atoms with Crippen LogP contribution in [0.1, 0.15) is 22.8 Å². The van der Waals surface area contributed by atoms with Gasteiger partial charge in [0.05, 0.1) is 12.2 Å². The van der Waals surface area contributed by atoms with Crippen molar-refractivity contribution in [3.8, 4) is 0 Å². The highest BCUT2D eigenvalue weighted by molar-refractivity contribution is 5.95. The maximum Gasteiger partial charge on any atom is 0.254 e. The Morgan fingerprint density at radius 3 is 2.81 bits per heavy atom. The lowest BCUT2D eigenvalue weighted by molar-refractivity contribution is 0.0918. The first-order valence-electron chi connectivity index (χ1n) is 4.93. The van der Waals surface area contributed by atoms with E-state index in [1.54, 1.807) is 6.92 Å².